The molecule has 0 spiro atoms. The number of hydrogen-bond acceptors (Lipinski definition) is 4. The van der Waals surface area contributed by atoms with Gasteiger partial charge in [-0.05, 0) is 12.5 Å². The summed E-state index contributed by atoms with van der Waals surface area (Å²) < 4.78 is 4.93. The Bertz CT molecular complexity index is 521. The molecular weight excluding hydrogens is 220 g/mol. The fourth-order valence-electron chi connectivity index (χ4n) is 1.71. The lowest BCUT2D eigenvalue weighted by atomic mass is 10.1. The average molecular weight is 232 g/mol. The Morgan fingerprint density at radius 1 is 1.41 bits per heavy atom. The first kappa shape index (κ1) is 11.3. The lowest BCUT2D eigenvalue weighted by Crippen LogP contribution is -2.10. The first-order chi connectivity index (χ1) is 8.06. The Labute approximate surface area is 98.5 Å². The zero-order chi connectivity index (χ0) is 12.4. The Morgan fingerprint density at radius 3 is 2.82 bits per heavy atom. The second-order valence-corrected chi connectivity index (χ2v) is 3.75. The van der Waals surface area contributed by atoms with Crippen molar-refractivity contribution in [3.05, 3.63) is 23.4 Å². The fourth-order valence-corrected chi connectivity index (χ4v) is 1.71. The number of carbonyl (C=O) groups is 2. The normalized spacial score (nSPS) is 12.1. The molecule has 17 heavy (non-hydrogen) atoms. The van der Waals surface area contributed by atoms with Gasteiger partial charge in [0.2, 0.25) is 11.8 Å². The number of amides is 1. The number of allylic oxidation sites excluding steroid dienone is 1. The smallest absolute Gasteiger partial charge is 0.309 e. The van der Waals surface area contributed by atoms with E-state index in [-0.39, 0.29) is 11.8 Å². The van der Waals surface area contributed by atoms with Crippen LogP contribution in [0.25, 0.3) is 6.08 Å². The van der Waals surface area contributed by atoms with E-state index in [1.807, 2.05) is 12.2 Å². The molecule has 0 bridgehead atoms. The van der Waals surface area contributed by atoms with E-state index < -0.39 is 5.97 Å². The predicted molar refractivity (Wildman–Crippen MR) is 62.6 cm³/mol. The maximum atomic E-state index is 11.1. The van der Waals surface area contributed by atoms with Gasteiger partial charge in [-0.1, -0.05) is 6.08 Å². The van der Waals surface area contributed by atoms with Gasteiger partial charge in [-0.2, -0.15) is 0 Å². The summed E-state index contributed by atoms with van der Waals surface area (Å²) in [4.78, 5) is 26.1. The molecule has 1 N–H and O–H groups in total. The van der Waals surface area contributed by atoms with Gasteiger partial charge in [0.05, 0.1) is 11.4 Å². The molecule has 88 valence electrons. The van der Waals surface area contributed by atoms with Crippen molar-refractivity contribution in [2.45, 2.75) is 20.3 Å². The summed E-state index contributed by atoms with van der Waals surface area (Å²) in [6, 6.07) is 1.56. The van der Waals surface area contributed by atoms with Crippen molar-refractivity contribution in [2.24, 2.45) is 0 Å². The van der Waals surface area contributed by atoms with Crippen LogP contribution in [0.15, 0.2) is 12.1 Å². The van der Waals surface area contributed by atoms with Crippen LogP contribution in [0.3, 0.4) is 0 Å². The summed E-state index contributed by atoms with van der Waals surface area (Å²) in [5.41, 5.74) is 2.31. The number of anilines is 1. The number of hydrogen-bond donors (Lipinski definition) is 1. The summed E-state index contributed by atoms with van der Waals surface area (Å²) in [6.45, 7) is 2.74. The molecule has 0 saturated carbocycles. The second kappa shape index (κ2) is 4.37. The number of aromatic nitrogens is 1. The predicted octanol–water partition coefficient (Wildman–Crippen LogP) is 1.53. The molecule has 1 aromatic heterocycles. The van der Waals surface area contributed by atoms with Crippen LogP contribution < -0.4 is 10.1 Å². The number of nitrogens with one attached hydrogen (secondary N) is 1. The van der Waals surface area contributed by atoms with E-state index in [0.717, 1.165) is 17.7 Å². The van der Waals surface area contributed by atoms with Crippen LogP contribution in [0, 0.1) is 0 Å². The van der Waals surface area contributed by atoms with E-state index in [9.17, 15) is 9.59 Å². The van der Waals surface area contributed by atoms with Gasteiger partial charge < -0.3 is 10.1 Å². The number of rotatable bonds is 2. The van der Waals surface area contributed by atoms with Crippen molar-refractivity contribution in [3.8, 4) is 5.88 Å². The molecule has 0 aliphatic heterocycles. The SMILES string of the molecule is CC(=O)Nc1cc(OC(C)=O)nc2c1CC=C2. The highest BCUT2D eigenvalue weighted by molar-refractivity contribution is 5.91. The highest BCUT2D eigenvalue weighted by Gasteiger charge is 2.16. The van der Waals surface area contributed by atoms with Crippen LogP contribution in [-0.4, -0.2) is 16.9 Å². The van der Waals surface area contributed by atoms with Crippen LogP contribution >= 0.6 is 0 Å². The molecule has 0 atom stereocenters. The van der Waals surface area contributed by atoms with Crippen molar-refractivity contribution in [1.82, 2.24) is 4.98 Å². The maximum absolute atomic E-state index is 11.1. The van der Waals surface area contributed by atoms with Gasteiger partial charge in [0.1, 0.15) is 0 Å². The Hall–Kier alpha value is -2.17. The molecule has 5 nitrogen and oxygen atoms in total. The third-order valence-corrected chi connectivity index (χ3v) is 2.29. The second-order valence-electron chi connectivity index (χ2n) is 3.75. The number of nitrogens with zero attached hydrogens (tertiary/aromatic N) is 1. The summed E-state index contributed by atoms with van der Waals surface area (Å²) in [5.74, 6) is -0.404. The largest absolute Gasteiger partial charge is 0.408 e. The lowest BCUT2D eigenvalue weighted by molar-refractivity contribution is -0.132. The first-order valence-electron chi connectivity index (χ1n) is 5.22. The molecule has 0 fully saturated rings. The Balaban J connectivity index is 2.40. The van der Waals surface area contributed by atoms with Crippen molar-refractivity contribution < 1.29 is 14.3 Å². The number of carbonyl (C=O) groups excluding carboxylic acids is 2. The maximum Gasteiger partial charge on any atom is 0.309 e. The summed E-state index contributed by atoms with van der Waals surface area (Å²) in [5, 5.41) is 2.71. The van der Waals surface area contributed by atoms with Gasteiger partial charge >= 0.3 is 5.97 Å². The Morgan fingerprint density at radius 2 is 2.18 bits per heavy atom. The van der Waals surface area contributed by atoms with Crippen LogP contribution in [0.2, 0.25) is 0 Å². The number of fused-ring (bicyclic) bond motifs is 1. The monoisotopic (exact) mass is 232 g/mol. The molecule has 1 aromatic rings. The average Bonchev–Trinajstić information content (AvgIpc) is 2.63. The van der Waals surface area contributed by atoms with Gasteiger partial charge in [-0.3, -0.25) is 9.59 Å². The van der Waals surface area contributed by atoms with E-state index in [1.165, 1.54) is 13.8 Å². The summed E-state index contributed by atoms with van der Waals surface area (Å²) in [7, 11) is 0. The van der Waals surface area contributed by atoms with Crippen molar-refractivity contribution in [1.29, 1.82) is 0 Å². The summed E-state index contributed by atoms with van der Waals surface area (Å²) in [6.07, 6.45) is 4.51. The van der Waals surface area contributed by atoms with E-state index in [4.69, 9.17) is 4.74 Å². The molecular formula is C12H12N2O3. The van der Waals surface area contributed by atoms with Gasteiger partial charge in [-0.15, -0.1) is 0 Å². The van der Waals surface area contributed by atoms with E-state index in [1.54, 1.807) is 6.07 Å². The third kappa shape index (κ3) is 2.50. The highest BCUT2D eigenvalue weighted by atomic mass is 16.5. The molecule has 2 rings (SSSR count). The minimum atomic E-state index is -0.437. The number of esters is 1. The highest BCUT2D eigenvalue weighted by Crippen LogP contribution is 2.29. The zero-order valence-corrected chi connectivity index (χ0v) is 9.61. The molecule has 0 radical (unpaired) electrons. The van der Waals surface area contributed by atoms with Gasteiger partial charge in [0, 0.05) is 25.5 Å². The van der Waals surface area contributed by atoms with Crippen LogP contribution in [0.5, 0.6) is 5.88 Å². The minimum absolute atomic E-state index is 0.168. The molecule has 1 aliphatic carbocycles. The van der Waals surface area contributed by atoms with E-state index >= 15 is 0 Å². The number of ether oxygens (including phenoxy) is 1. The number of pyridine rings is 1. The first-order valence-corrected chi connectivity index (χ1v) is 5.22. The molecule has 0 aromatic carbocycles. The van der Waals surface area contributed by atoms with Crippen molar-refractivity contribution in [2.75, 3.05) is 5.32 Å². The van der Waals surface area contributed by atoms with Crippen LogP contribution in [0.1, 0.15) is 25.1 Å². The van der Waals surface area contributed by atoms with Gasteiger partial charge in [0.25, 0.3) is 0 Å². The van der Waals surface area contributed by atoms with Crippen LogP contribution in [-0.2, 0) is 16.0 Å². The van der Waals surface area contributed by atoms with Crippen molar-refractivity contribution in [3.63, 3.8) is 0 Å². The van der Waals surface area contributed by atoms with Gasteiger partial charge in [-0.25, -0.2) is 4.98 Å². The third-order valence-electron chi connectivity index (χ3n) is 2.29. The topological polar surface area (TPSA) is 68.3 Å². The minimum Gasteiger partial charge on any atom is -0.408 e. The zero-order valence-electron chi connectivity index (χ0n) is 9.61. The summed E-state index contributed by atoms with van der Waals surface area (Å²) >= 11 is 0. The molecule has 1 amide bonds. The fraction of sp³-hybridized carbons (Fsp3) is 0.250. The van der Waals surface area contributed by atoms with Gasteiger partial charge in [0.15, 0.2) is 0 Å². The van der Waals surface area contributed by atoms with E-state index in [2.05, 4.69) is 10.3 Å². The van der Waals surface area contributed by atoms with Crippen molar-refractivity contribution >= 4 is 23.6 Å². The molecule has 0 unspecified atom stereocenters. The molecule has 1 heterocycles. The lowest BCUT2D eigenvalue weighted by Gasteiger charge is -2.10. The molecule has 1 aliphatic rings. The molecule has 0 saturated heterocycles. The molecule has 5 heteroatoms. The van der Waals surface area contributed by atoms with E-state index in [0.29, 0.717) is 5.69 Å². The Kier molecular flexibility index (Phi) is 2.91. The quantitative estimate of drug-likeness (QED) is 0.785. The standard InChI is InChI=1S/C12H12N2O3/c1-7(15)13-11-6-12(17-8(2)16)14-10-5-3-4-9(10)11/h3,5-6H,4H2,1-2H3,(H,13,14,15). The van der Waals surface area contributed by atoms with Crippen LogP contribution in [0.4, 0.5) is 5.69 Å².